The van der Waals surface area contributed by atoms with Crippen LogP contribution in [0.3, 0.4) is 0 Å². The van der Waals surface area contributed by atoms with Crippen LogP contribution >= 0.6 is 0 Å². The van der Waals surface area contributed by atoms with Crippen molar-refractivity contribution >= 4 is 5.97 Å². The van der Waals surface area contributed by atoms with Gasteiger partial charge in [-0.15, -0.1) is 0 Å². The Morgan fingerprint density at radius 1 is 1.10 bits per heavy atom. The fourth-order valence-electron chi connectivity index (χ4n) is 3.44. The monoisotopic (exact) mass is 416 g/mol. The lowest BCUT2D eigenvalue weighted by atomic mass is 9.83. The molecule has 6 nitrogen and oxygen atoms in total. The minimum atomic E-state index is -0.604. The van der Waals surface area contributed by atoms with Gasteiger partial charge < -0.3 is 19.9 Å². The highest BCUT2D eigenvalue weighted by Crippen LogP contribution is 2.43. The summed E-state index contributed by atoms with van der Waals surface area (Å²) >= 11 is 0. The Labute approximate surface area is 177 Å². The molecule has 7 heteroatoms. The van der Waals surface area contributed by atoms with Gasteiger partial charge >= 0.3 is 5.97 Å². The van der Waals surface area contributed by atoms with Gasteiger partial charge in [0.2, 0.25) is 5.88 Å². The summed E-state index contributed by atoms with van der Waals surface area (Å²) in [6, 6.07) is 19.4. The maximum atomic E-state index is 13.8. The molecule has 1 aliphatic heterocycles. The number of allylic oxidation sites excluding steroid dienone is 1. The molecule has 0 saturated heterocycles. The molecule has 0 bridgehead atoms. The molecule has 0 spiro atoms. The van der Waals surface area contributed by atoms with Crippen LogP contribution in [0.1, 0.15) is 27.4 Å². The second kappa shape index (κ2) is 8.20. The number of hydrogen-bond donors (Lipinski definition) is 1. The number of methoxy groups -OCH3 is 1. The van der Waals surface area contributed by atoms with E-state index >= 15 is 0 Å². The molecule has 0 aromatic heterocycles. The van der Waals surface area contributed by atoms with E-state index in [1.165, 1.54) is 25.3 Å². The van der Waals surface area contributed by atoms with Gasteiger partial charge in [-0.2, -0.15) is 5.26 Å². The molecule has 31 heavy (non-hydrogen) atoms. The lowest BCUT2D eigenvalue weighted by Gasteiger charge is -2.26. The zero-order valence-electron chi connectivity index (χ0n) is 16.5. The molecule has 1 heterocycles. The minimum Gasteiger partial charge on any atom is -0.497 e. The van der Waals surface area contributed by atoms with Crippen LogP contribution in [0.4, 0.5) is 4.39 Å². The molecule has 0 amide bonds. The Hall–Kier alpha value is -4.31. The highest BCUT2D eigenvalue weighted by atomic mass is 19.1. The number of hydrogen-bond acceptors (Lipinski definition) is 6. The van der Waals surface area contributed by atoms with Crippen molar-refractivity contribution in [2.45, 2.75) is 5.92 Å². The van der Waals surface area contributed by atoms with Crippen LogP contribution in [0.2, 0.25) is 0 Å². The number of nitriles is 1. The number of carbonyl (C=O) groups is 1. The molecule has 3 aromatic carbocycles. The predicted molar refractivity (Wildman–Crippen MR) is 110 cm³/mol. The van der Waals surface area contributed by atoms with E-state index in [2.05, 4.69) is 6.07 Å². The summed E-state index contributed by atoms with van der Waals surface area (Å²) in [5.74, 6) is -0.599. The van der Waals surface area contributed by atoms with Gasteiger partial charge in [-0.25, -0.2) is 9.18 Å². The van der Waals surface area contributed by atoms with Crippen molar-refractivity contribution in [3.63, 3.8) is 0 Å². The lowest BCUT2D eigenvalue weighted by Crippen LogP contribution is -2.21. The van der Waals surface area contributed by atoms with E-state index in [-0.39, 0.29) is 17.2 Å². The number of nitrogens with zero attached hydrogens (tertiary/aromatic N) is 1. The number of nitrogens with two attached hydrogens (primary N) is 1. The zero-order valence-corrected chi connectivity index (χ0v) is 16.5. The average Bonchev–Trinajstić information content (AvgIpc) is 2.78. The van der Waals surface area contributed by atoms with Gasteiger partial charge in [0.1, 0.15) is 34.7 Å². The number of carbonyl (C=O) groups excluding carboxylic acids is 1. The van der Waals surface area contributed by atoms with Gasteiger partial charge in [0.15, 0.2) is 0 Å². The van der Waals surface area contributed by atoms with Crippen LogP contribution in [-0.4, -0.2) is 13.1 Å². The van der Waals surface area contributed by atoms with Crippen LogP contribution < -0.4 is 19.9 Å². The van der Waals surface area contributed by atoms with Crippen molar-refractivity contribution in [3.05, 3.63) is 101 Å². The molecule has 4 rings (SSSR count). The van der Waals surface area contributed by atoms with Gasteiger partial charge in [0, 0.05) is 11.6 Å². The normalized spacial score (nSPS) is 14.8. The van der Waals surface area contributed by atoms with Crippen LogP contribution in [0.15, 0.2) is 78.2 Å². The highest BCUT2D eigenvalue weighted by Gasteiger charge is 2.31. The first kappa shape index (κ1) is 20.0. The van der Waals surface area contributed by atoms with Crippen LogP contribution in [0, 0.1) is 17.1 Å². The molecule has 0 aliphatic carbocycles. The van der Waals surface area contributed by atoms with E-state index in [0.717, 1.165) is 0 Å². The first-order valence-corrected chi connectivity index (χ1v) is 9.33. The van der Waals surface area contributed by atoms with Gasteiger partial charge in [0.25, 0.3) is 0 Å². The Morgan fingerprint density at radius 3 is 2.65 bits per heavy atom. The Kier molecular flexibility index (Phi) is 5.29. The second-order valence-electron chi connectivity index (χ2n) is 6.80. The maximum absolute atomic E-state index is 13.8. The number of halogens is 1. The molecular weight excluding hydrogens is 399 g/mol. The fraction of sp³-hybridized carbons (Fsp3) is 0.0833. The van der Waals surface area contributed by atoms with E-state index < -0.39 is 17.7 Å². The molecule has 2 N–H and O–H groups in total. The van der Waals surface area contributed by atoms with E-state index in [1.807, 2.05) is 0 Å². The van der Waals surface area contributed by atoms with E-state index in [4.69, 9.17) is 19.9 Å². The summed E-state index contributed by atoms with van der Waals surface area (Å²) in [4.78, 5) is 12.5. The summed E-state index contributed by atoms with van der Waals surface area (Å²) in [6.07, 6.45) is 0. The number of benzene rings is 3. The van der Waals surface area contributed by atoms with Gasteiger partial charge in [-0.1, -0.05) is 24.3 Å². The highest BCUT2D eigenvalue weighted by molar-refractivity contribution is 5.91. The minimum absolute atomic E-state index is 0.0828. The van der Waals surface area contributed by atoms with E-state index in [9.17, 15) is 14.4 Å². The SMILES string of the molecule is COc1cccc(C(=O)Oc2ccc3c(c2)OC(N)=C(C#N)C3c2cccc(F)c2)c1. The fourth-order valence-corrected chi connectivity index (χ4v) is 3.44. The second-order valence-corrected chi connectivity index (χ2v) is 6.80. The molecule has 1 aliphatic rings. The standard InChI is InChI=1S/C24H17FN2O4/c1-29-17-7-3-5-15(11-17)24(28)30-18-8-9-19-21(12-18)31-23(27)20(13-26)22(19)14-4-2-6-16(25)10-14/h2-12,22H,27H2,1H3. The third kappa shape index (κ3) is 3.91. The third-order valence-corrected chi connectivity index (χ3v) is 4.89. The quantitative estimate of drug-likeness (QED) is 0.504. The lowest BCUT2D eigenvalue weighted by molar-refractivity contribution is 0.0734. The summed E-state index contributed by atoms with van der Waals surface area (Å²) in [5, 5.41) is 9.59. The maximum Gasteiger partial charge on any atom is 0.343 e. The topological polar surface area (TPSA) is 94.6 Å². The smallest absolute Gasteiger partial charge is 0.343 e. The number of rotatable bonds is 4. The summed E-state index contributed by atoms with van der Waals surface area (Å²) in [6.45, 7) is 0. The zero-order chi connectivity index (χ0) is 22.0. The molecular formula is C24H17FN2O4. The van der Waals surface area contributed by atoms with Crippen molar-refractivity contribution in [1.29, 1.82) is 5.26 Å². The van der Waals surface area contributed by atoms with Crippen molar-refractivity contribution in [2.75, 3.05) is 7.11 Å². The van der Waals surface area contributed by atoms with Crippen molar-refractivity contribution in [2.24, 2.45) is 5.73 Å². The van der Waals surface area contributed by atoms with Gasteiger partial charge in [-0.05, 0) is 42.0 Å². The molecule has 0 radical (unpaired) electrons. The third-order valence-electron chi connectivity index (χ3n) is 4.89. The van der Waals surface area contributed by atoms with Gasteiger partial charge in [0.05, 0.1) is 18.6 Å². The van der Waals surface area contributed by atoms with E-state index in [1.54, 1.807) is 48.5 Å². The average molecular weight is 416 g/mol. The van der Waals surface area contributed by atoms with Crippen LogP contribution in [0.5, 0.6) is 17.2 Å². The van der Waals surface area contributed by atoms with Crippen LogP contribution in [-0.2, 0) is 0 Å². The summed E-state index contributed by atoms with van der Waals surface area (Å²) in [5.41, 5.74) is 7.63. The summed E-state index contributed by atoms with van der Waals surface area (Å²) < 4.78 is 30.0. The Bertz CT molecular complexity index is 1250. The Morgan fingerprint density at radius 2 is 1.90 bits per heavy atom. The number of ether oxygens (including phenoxy) is 3. The predicted octanol–water partition coefficient (Wildman–Crippen LogP) is 4.27. The van der Waals surface area contributed by atoms with E-state index in [0.29, 0.717) is 28.2 Å². The largest absolute Gasteiger partial charge is 0.497 e. The molecule has 154 valence electrons. The Balaban J connectivity index is 1.68. The van der Waals surface area contributed by atoms with Crippen molar-refractivity contribution < 1.29 is 23.4 Å². The van der Waals surface area contributed by atoms with Crippen LogP contribution in [0.25, 0.3) is 0 Å². The molecule has 0 saturated carbocycles. The van der Waals surface area contributed by atoms with Crippen molar-refractivity contribution in [1.82, 2.24) is 0 Å². The summed E-state index contributed by atoms with van der Waals surface area (Å²) in [7, 11) is 1.51. The molecule has 0 fully saturated rings. The first-order chi connectivity index (χ1) is 15.0. The first-order valence-electron chi connectivity index (χ1n) is 9.33. The molecule has 1 atom stereocenters. The molecule has 3 aromatic rings. The molecule has 1 unspecified atom stereocenters. The van der Waals surface area contributed by atoms with Crippen molar-refractivity contribution in [3.8, 4) is 23.3 Å². The van der Waals surface area contributed by atoms with Gasteiger partial charge in [-0.3, -0.25) is 0 Å². The number of fused-ring (bicyclic) bond motifs is 1. The number of esters is 1.